The van der Waals surface area contributed by atoms with Crippen molar-refractivity contribution in [1.29, 1.82) is 0 Å². The molecule has 3 heterocycles. The van der Waals surface area contributed by atoms with Crippen LogP contribution in [0.25, 0.3) is 22.6 Å². The lowest BCUT2D eigenvalue weighted by molar-refractivity contribution is 0.0935. The Balaban J connectivity index is 1.35. The Kier molecular flexibility index (Phi) is 6.10. The lowest BCUT2D eigenvalue weighted by Gasteiger charge is -2.32. The summed E-state index contributed by atoms with van der Waals surface area (Å²) in [5, 5.41) is 3.24. The van der Waals surface area contributed by atoms with Crippen molar-refractivity contribution in [3.05, 3.63) is 42.1 Å². The van der Waals surface area contributed by atoms with E-state index in [4.69, 9.17) is 4.98 Å². The van der Waals surface area contributed by atoms with Crippen molar-refractivity contribution < 1.29 is 4.79 Å². The fourth-order valence-corrected chi connectivity index (χ4v) is 5.01. The number of nitrogens with one attached hydrogen (secondary N) is 2. The van der Waals surface area contributed by atoms with Crippen molar-refractivity contribution in [2.24, 2.45) is 5.92 Å². The maximum Gasteiger partial charge on any atom is 0.253 e. The minimum atomic E-state index is -0.0444. The average molecular weight is 432 g/mol. The smallest absolute Gasteiger partial charge is 0.253 e. The predicted molar refractivity (Wildman–Crippen MR) is 129 cm³/mol. The van der Waals surface area contributed by atoms with Crippen molar-refractivity contribution >= 4 is 22.8 Å². The summed E-state index contributed by atoms with van der Waals surface area (Å²) in [6.07, 6.45) is 11.2. The number of carbonyl (C=O) groups is 1. The molecule has 1 saturated carbocycles. The summed E-state index contributed by atoms with van der Waals surface area (Å²) in [6.45, 7) is 4.57. The molecule has 0 atom stereocenters. The number of pyridine rings is 1. The second-order valence-corrected chi connectivity index (χ2v) is 9.52. The molecular formula is C26H33N5O. The average Bonchev–Trinajstić information content (AvgIpc) is 3.10. The van der Waals surface area contributed by atoms with E-state index in [1.165, 1.54) is 44.2 Å². The third-order valence-corrected chi connectivity index (χ3v) is 7.11. The highest BCUT2D eigenvalue weighted by Crippen LogP contribution is 2.27. The monoisotopic (exact) mass is 431 g/mol. The number of aromatic amines is 1. The largest absolute Gasteiger partial charge is 0.372 e. The van der Waals surface area contributed by atoms with E-state index >= 15 is 0 Å². The highest BCUT2D eigenvalue weighted by Gasteiger charge is 2.20. The minimum Gasteiger partial charge on any atom is -0.372 e. The van der Waals surface area contributed by atoms with Gasteiger partial charge in [0.2, 0.25) is 0 Å². The number of aromatic nitrogens is 3. The minimum absolute atomic E-state index is 0.0444. The van der Waals surface area contributed by atoms with Crippen molar-refractivity contribution in [3.8, 4) is 11.4 Å². The van der Waals surface area contributed by atoms with E-state index in [1.807, 2.05) is 0 Å². The zero-order valence-electron chi connectivity index (χ0n) is 18.9. The van der Waals surface area contributed by atoms with E-state index in [0.717, 1.165) is 43.2 Å². The molecule has 2 aliphatic rings. The van der Waals surface area contributed by atoms with Crippen LogP contribution in [0.4, 0.5) is 5.69 Å². The van der Waals surface area contributed by atoms with E-state index in [2.05, 4.69) is 51.4 Å². The Morgan fingerprint density at radius 2 is 1.72 bits per heavy atom. The molecule has 0 radical (unpaired) electrons. The van der Waals surface area contributed by atoms with Gasteiger partial charge in [-0.3, -0.25) is 4.79 Å². The van der Waals surface area contributed by atoms with Gasteiger partial charge in [-0.2, -0.15) is 0 Å². The highest BCUT2D eigenvalue weighted by atomic mass is 16.1. The topological polar surface area (TPSA) is 73.9 Å². The Morgan fingerprint density at radius 1 is 1.00 bits per heavy atom. The molecule has 3 aromatic rings. The number of anilines is 1. The Bertz CT molecular complexity index is 1060. The molecule has 2 aromatic heterocycles. The van der Waals surface area contributed by atoms with E-state index in [0.29, 0.717) is 16.7 Å². The molecule has 32 heavy (non-hydrogen) atoms. The molecule has 6 heteroatoms. The number of nitrogens with zero attached hydrogens (tertiary/aromatic N) is 3. The Morgan fingerprint density at radius 3 is 2.44 bits per heavy atom. The number of piperidine rings is 1. The fraction of sp³-hybridized carbons (Fsp3) is 0.500. The van der Waals surface area contributed by atoms with Crippen LogP contribution >= 0.6 is 0 Å². The first-order chi connectivity index (χ1) is 15.7. The second-order valence-electron chi connectivity index (χ2n) is 9.52. The lowest BCUT2D eigenvalue weighted by Crippen LogP contribution is -2.34. The van der Waals surface area contributed by atoms with Crippen LogP contribution in [-0.4, -0.2) is 40.0 Å². The number of carbonyl (C=O) groups excluding carboxylic acids is 1. The fourth-order valence-electron chi connectivity index (χ4n) is 5.01. The molecule has 0 spiro atoms. The summed E-state index contributed by atoms with van der Waals surface area (Å²) in [4.78, 5) is 28.0. The number of benzene rings is 1. The molecule has 0 unspecified atom stereocenters. The summed E-state index contributed by atoms with van der Waals surface area (Å²) in [6, 6.07) is 10.6. The van der Waals surface area contributed by atoms with Gasteiger partial charge in [0, 0.05) is 36.6 Å². The molecule has 0 bridgehead atoms. The van der Waals surface area contributed by atoms with Gasteiger partial charge in [-0.15, -0.1) is 0 Å². The molecule has 1 aliphatic carbocycles. The van der Waals surface area contributed by atoms with E-state index in [-0.39, 0.29) is 11.9 Å². The van der Waals surface area contributed by atoms with Crippen molar-refractivity contribution in [2.75, 3.05) is 18.0 Å². The van der Waals surface area contributed by atoms with Crippen LogP contribution in [0.2, 0.25) is 0 Å². The first-order valence-electron chi connectivity index (χ1n) is 12.2. The van der Waals surface area contributed by atoms with Gasteiger partial charge in [0.05, 0.1) is 5.56 Å². The number of hydrogen-bond donors (Lipinski definition) is 2. The van der Waals surface area contributed by atoms with Crippen LogP contribution in [0.1, 0.15) is 68.6 Å². The number of rotatable bonds is 4. The third-order valence-electron chi connectivity index (χ3n) is 7.11. The van der Waals surface area contributed by atoms with Gasteiger partial charge < -0.3 is 15.2 Å². The van der Waals surface area contributed by atoms with E-state index in [9.17, 15) is 4.79 Å². The van der Waals surface area contributed by atoms with Crippen LogP contribution in [0, 0.1) is 5.92 Å². The second kappa shape index (κ2) is 9.31. The van der Waals surface area contributed by atoms with Gasteiger partial charge in [-0.05, 0) is 61.9 Å². The number of H-pyrrole nitrogens is 1. The highest BCUT2D eigenvalue weighted by molar-refractivity contribution is 6.04. The van der Waals surface area contributed by atoms with Crippen molar-refractivity contribution in [1.82, 2.24) is 20.3 Å². The summed E-state index contributed by atoms with van der Waals surface area (Å²) >= 11 is 0. The molecule has 2 fully saturated rings. The summed E-state index contributed by atoms with van der Waals surface area (Å²) < 4.78 is 0. The number of imidazole rings is 1. The normalized spacial score (nSPS) is 18.6. The van der Waals surface area contributed by atoms with Gasteiger partial charge in [0.15, 0.2) is 5.65 Å². The van der Waals surface area contributed by atoms with Crippen molar-refractivity contribution in [2.45, 2.75) is 64.3 Å². The quantitative estimate of drug-likeness (QED) is 0.549. The molecule has 1 saturated heterocycles. The third kappa shape index (κ3) is 4.50. The molecule has 5 rings (SSSR count). The van der Waals surface area contributed by atoms with Gasteiger partial charge in [-0.1, -0.05) is 32.6 Å². The summed E-state index contributed by atoms with van der Waals surface area (Å²) in [5.74, 6) is 1.53. The van der Waals surface area contributed by atoms with Crippen LogP contribution in [0.3, 0.4) is 0 Å². The number of amides is 1. The molecule has 1 amide bonds. The number of fused-ring (bicyclic) bond motifs is 1. The standard InChI is InChI=1S/C26H33N5O/c1-18-13-16-31(17-14-18)21-10-8-19(9-11-21)24-29-23-22(12-15-27-25(23)30-24)26(32)28-20-6-4-2-3-5-7-20/h8-12,15,18,20H,2-7,13-14,16-17H2,1H3,(H,28,32)(H,27,29,30). The lowest BCUT2D eigenvalue weighted by atomic mass is 9.98. The first kappa shape index (κ1) is 21.0. The zero-order valence-corrected chi connectivity index (χ0v) is 18.9. The van der Waals surface area contributed by atoms with Gasteiger partial charge in [0.1, 0.15) is 11.3 Å². The Hall–Kier alpha value is -2.89. The molecule has 6 nitrogen and oxygen atoms in total. The summed E-state index contributed by atoms with van der Waals surface area (Å²) in [7, 11) is 0. The molecule has 1 aliphatic heterocycles. The molecule has 168 valence electrons. The van der Waals surface area contributed by atoms with Crippen LogP contribution in [-0.2, 0) is 0 Å². The molecule has 2 N–H and O–H groups in total. The van der Waals surface area contributed by atoms with E-state index < -0.39 is 0 Å². The number of hydrogen-bond acceptors (Lipinski definition) is 4. The predicted octanol–water partition coefficient (Wildman–Crippen LogP) is 5.31. The molecular weight excluding hydrogens is 398 g/mol. The van der Waals surface area contributed by atoms with Gasteiger partial charge >= 0.3 is 0 Å². The van der Waals surface area contributed by atoms with Crippen LogP contribution in [0.5, 0.6) is 0 Å². The first-order valence-corrected chi connectivity index (χ1v) is 12.2. The zero-order chi connectivity index (χ0) is 21.9. The van der Waals surface area contributed by atoms with Crippen LogP contribution in [0.15, 0.2) is 36.5 Å². The summed E-state index contributed by atoms with van der Waals surface area (Å²) in [5.41, 5.74) is 4.16. The van der Waals surface area contributed by atoms with Gasteiger partial charge in [-0.25, -0.2) is 9.97 Å². The van der Waals surface area contributed by atoms with Crippen molar-refractivity contribution in [3.63, 3.8) is 0 Å². The van der Waals surface area contributed by atoms with Crippen LogP contribution < -0.4 is 10.2 Å². The SMILES string of the molecule is CC1CCN(c2ccc(-c3nc4c(C(=O)NC5CCCCCC5)ccnc4[nH]3)cc2)CC1. The maximum atomic E-state index is 13.0. The Labute approximate surface area is 189 Å². The van der Waals surface area contributed by atoms with E-state index in [1.54, 1.807) is 12.3 Å². The molecule has 1 aromatic carbocycles. The maximum absolute atomic E-state index is 13.0. The van der Waals surface area contributed by atoms with Gasteiger partial charge in [0.25, 0.3) is 5.91 Å².